The first-order chi connectivity index (χ1) is 9.33. The summed E-state index contributed by atoms with van der Waals surface area (Å²) in [6.07, 6.45) is 7.78. The summed E-state index contributed by atoms with van der Waals surface area (Å²) in [6, 6.07) is 0. The maximum atomic E-state index is 7.99. The minimum Gasteiger partial charge on any atom is -0.305 e. The second-order valence-corrected chi connectivity index (χ2v) is 5.96. The van der Waals surface area contributed by atoms with Crippen LogP contribution in [0.5, 0.6) is 0 Å². The molecule has 0 aliphatic heterocycles. The highest BCUT2D eigenvalue weighted by atomic mass is 14.7. The summed E-state index contributed by atoms with van der Waals surface area (Å²) in [5.74, 6) is 1.36. The highest BCUT2D eigenvalue weighted by Crippen LogP contribution is 2.23. The van der Waals surface area contributed by atoms with Gasteiger partial charge < -0.3 is 5.41 Å². The first-order valence-electron chi connectivity index (χ1n) is 7.77. The summed E-state index contributed by atoms with van der Waals surface area (Å²) in [5.41, 5.74) is 3.72. The molecule has 0 spiro atoms. The average molecular weight is 276 g/mol. The Morgan fingerprint density at radius 2 is 1.75 bits per heavy atom. The van der Waals surface area contributed by atoms with E-state index in [0.717, 1.165) is 23.6 Å². The van der Waals surface area contributed by atoms with Gasteiger partial charge in [-0.3, -0.25) is 4.99 Å². The summed E-state index contributed by atoms with van der Waals surface area (Å²) in [6.45, 7) is 14.6. The van der Waals surface area contributed by atoms with Gasteiger partial charge in [0, 0.05) is 23.2 Å². The molecular weight excluding hydrogens is 244 g/mol. The SMILES string of the molecule is C\C=N/C(C)=C(C(C)=N)/C(C)=C\C(CC)CCC(C)C. The van der Waals surface area contributed by atoms with Crippen molar-refractivity contribution in [2.75, 3.05) is 0 Å². The molecule has 0 aromatic heterocycles. The van der Waals surface area contributed by atoms with Crippen LogP contribution in [0.15, 0.2) is 27.9 Å². The third-order valence-corrected chi connectivity index (χ3v) is 3.58. The third kappa shape index (κ3) is 6.83. The van der Waals surface area contributed by atoms with Gasteiger partial charge in [-0.25, -0.2) is 0 Å². The predicted octanol–water partition coefficient (Wildman–Crippen LogP) is 5.80. The van der Waals surface area contributed by atoms with E-state index in [4.69, 9.17) is 5.41 Å². The zero-order chi connectivity index (χ0) is 15.7. The highest BCUT2D eigenvalue weighted by molar-refractivity contribution is 6.00. The number of allylic oxidation sites excluding steroid dienone is 4. The van der Waals surface area contributed by atoms with Gasteiger partial charge in [0.2, 0.25) is 0 Å². The molecule has 2 nitrogen and oxygen atoms in total. The number of hydrogen-bond acceptors (Lipinski definition) is 2. The molecule has 0 fully saturated rings. The van der Waals surface area contributed by atoms with Crippen molar-refractivity contribution in [1.82, 2.24) is 0 Å². The van der Waals surface area contributed by atoms with Crippen molar-refractivity contribution < 1.29 is 0 Å². The standard InChI is InChI=1S/C18H32N2/c1-8-17(11-10-13(3)4)12-14(5)18(15(6)19)16(7)20-9-2/h9,12-13,17,19H,8,10-11H2,1-7H3/b14-12-,18-16-,19-15?,20-9-. The van der Waals surface area contributed by atoms with Gasteiger partial charge in [-0.1, -0.05) is 33.3 Å². The van der Waals surface area contributed by atoms with Crippen molar-refractivity contribution in [1.29, 1.82) is 5.41 Å². The Bertz CT molecular complexity index is 398. The summed E-state index contributed by atoms with van der Waals surface area (Å²) < 4.78 is 0. The molecule has 0 aliphatic rings. The average Bonchev–Trinajstić information content (AvgIpc) is 2.34. The van der Waals surface area contributed by atoms with Gasteiger partial charge in [0.05, 0.1) is 0 Å². The van der Waals surface area contributed by atoms with Crippen LogP contribution in [0.2, 0.25) is 0 Å². The fraction of sp³-hybridized carbons (Fsp3) is 0.667. The summed E-state index contributed by atoms with van der Waals surface area (Å²) in [5, 5.41) is 7.99. The number of aliphatic imine (C=N–C) groups is 1. The largest absolute Gasteiger partial charge is 0.305 e. The molecule has 1 atom stereocenters. The molecule has 114 valence electrons. The van der Waals surface area contributed by atoms with Crippen LogP contribution in [0.25, 0.3) is 0 Å². The van der Waals surface area contributed by atoms with Crippen molar-refractivity contribution >= 4 is 11.9 Å². The topological polar surface area (TPSA) is 36.2 Å². The van der Waals surface area contributed by atoms with Gasteiger partial charge in [0.1, 0.15) is 0 Å². The normalized spacial score (nSPS) is 15.7. The maximum absolute atomic E-state index is 7.99. The van der Waals surface area contributed by atoms with E-state index < -0.39 is 0 Å². The Hall–Kier alpha value is -1.18. The van der Waals surface area contributed by atoms with Gasteiger partial charge in [-0.2, -0.15) is 0 Å². The Kier molecular flexibility index (Phi) is 9.11. The zero-order valence-corrected chi connectivity index (χ0v) is 14.4. The van der Waals surface area contributed by atoms with E-state index in [9.17, 15) is 0 Å². The molecular formula is C18H32N2. The lowest BCUT2D eigenvalue weighted by molar-refractivity contribution is 0.471. The van der Waals surface area contributed by atoms with E-state index in [1.807, 2.05) is 20.8 Å². The molecule has 0 aromatic carbocycles. The van der Waals surface area contributed by atoms with Crippen LogP contribution in [-0.4, -0.2) is 11.9 Å². The molecule has 2 heteroatoms. The first-order valence-corrected chi connectivity index (χ1v) is 7.77. The smallest absolute Gasteiger partial charge is 0.0461 e. The molecule has 0 aliphatic carbocycles. The molecule has 1 N–H and O–H groups in total. The minimum absolute atomic E-state index is 0.598. The predicted molar refractivity (Wildman–Crippen MR) is 91.9 cm³/mol. The Morgan fingerprint density at radius 1 is 1.15 bits per heavy atom. The quantitative estimate of drug-likeness (QED) is 0.429. The Labute approximate surface area is 125 Å². The highest BCUT2D eigenvalue weighted by Gasteiger charge is 2.11. The monoisotopic (exact) mass is 276 g/mol. The van der Waals surface area contributed by atoms with Crippen LogP contribution in [-0.2, 0) is 0 Å². The van der Waals surface area contributed by atoms with E-state index in [1.165, 1.54) is 18.4 Å². The second-order valence-electron chi connectivity index (χ2n) is 5.96. The van der Waals surface area contributed by atoms with Crippen molar-refractivity contribution in [3.05, 3.63) is 22.9 Å². The zero-order valence-electron chi connectivity index (χ0n) is 14.4. The molecule has 0 saturated carbocycles. The van der Waals surface area contributed by atoms with Gasteiger partial charge in [0.25, 0.3) is 0 Å². The molecule has 0 heterocycles. The fourth-order valence-electron chi connectivity index (χ4n) is 2.50. The van der Waals surface area contributed by atoms with Crippen molar-refractivity contribution in [3.63, 3.8) is 0 Å². The number of nitrogens with zero attached hydrogens (tertiary/aromatic N) is 1. The lowest BCUT2D eigenvalue weighted by Crippen LogP contribution is -2.04. The van der Waals surface area contributed by atoms with Gasteiger partial charge in [-0.15, -0.1) is 0 Å². The number of rotatable bonds is 8. The van der Waals surface area contributed by atoms with Crippen LogP contribution < -0.4 is 0 Å². The summed E-state index contributed by atoms with van der Waals surface area (Å²) in [4.78, 5) is 4.35. The molecule has 0 bridgehead atoms. The van der Waals surface area contributed by atoms with E-state index in [2.05, 4.69) is 38.8 Å². The fourth-order valence-corrected chi connectivity index (χ4v) is 2.50. The van der Waals surface area contributed by atoms with Crippen LogP contribution in [0, 0.1) is 17.2 Å². The van der Waals surface area contributed by atoms with Gasteiger partial charge in [-0.05, 0) is 57.9 Å². The van der Waals surface area contributed by atoms with Crippen molar-refractivity contribution in [2.45, 2.75) is 67.7 Å². The molecule has 0 saturated heterocycles. The van der Waals surface area contributed by atoms with E-state index >= 15 is 0 Å². The lowest BCUT2D eigenvalue weighted by atomic mass is 9.91. The van der Waals surface area contributed by atoms with Gasteiger partial charge in [0.15, 0.2) is 0 Å². The molecule has 0 aromatic rings. The Balaban J connectivity index is 5.23. The molecule has 0 amide bonds. The maximum Gasteiger partial charge on any atom is 0.0461 e. The summed E-state index contributed by atoms with van der Waals surface area (Å²) >= 11 is 0. The van der Waals surface area contributed by atoms with Crippen LogP contribution in [0.4, 0.5) is 0 Å². The molecule has 20 heavy (non-hydrogen) atoms. The molecule has 1 unspecified atom stereocenters. The second kappa shape index (κ2) is 9.68. The van der Waals surface area contributed by atoms with Crippen LogP contribution in [0.1, 0.15) is 67.7 Å². The lowest BCUT2D eigenvalue weighted by Gasteiger charge is -2.15. The van der Waals surface area contributed by atoms with Crippen molar-refractivity contribution in [2.24, 2.45) is 16.8 Å². The summed E-state index contributed by atoms with van der Waals surface area (Å²) in [7, 11) is 0. The van der Waals surface area contributed by atoms with Crippen molar-refractivity contribution in [3.8, 4) is 0 Å². The van der Waals surface area contributed by atoms with Crippen LogP contribution in [0.3, 0.4) is 0 Å². The van der Waals surface area contributed by atoms with Gasteiger partial charge >= 0.3 is 0 Å². The number of hydrogen-bond donors (Lipinski definition) is 1. The van der Waals surface area contributed by atoms with E-state index in [-0.39, 0.29) is 0 Å². The van der Waals surface area contributed by atoms with E-state index in [1.54, 1.807) is 6.21 Å². The van der Waals surface area contributed by atoms with Crippen LogP contribution >= 0.6 is 0 Å². The first kappa shape index (κ1) is 18.8. The number of nitrogens with one attached hydrogen (secondary N) is 1. The third-order valence-electron chi connectivity index (χ3n) is 3.58. The minimum atomic E-state index is 0.598. The molecule has 0 radical (unpaired) electrons. The molecule has 0 rings (SSSR count). The van der Waals surface area contributed by atoms with E-state index in [0.29, 0.717) is 11.6 Å². The Morgan fingerprint density at radius 3 is 2.15 bits per heavy atom.